The van der Waals surface area contributed by atoms with Crippen molar-refractivity contribution < 1.29 is 9.53 Å². The molecule has 0 fully saturated rings. The molecule has 4 nitrogen and oxygen atoms in total. The first-order chi connectivity index (χ1) is 11.6. The molecular formula is C17H12BrClN2O2S. The summed E-state index contributed by atoms with van der Waals surface area (Å²) in [5.74, 6) is 0.397. The maximum atomic E-state index is 12.3. The Morgan fingerprint density at radius 2 is 2.08 bits per heavy atom. The summed E-state index contributed by atoms with van der Waals surface area (Å²) >= 11 is 10.9. The van der Waals surface area contributed by atoms with E-state index in [1.54, 1.807) is 25.3 Å². The Bertz CT molecular complexity index is 898. The molecular weight excluding hydrogens is 412 g/mol. The fraction of sp³-hybridized carbons (Fsp3) is 0.0588. The molecule has 1 amide bonds. The van der Waals surface area contributed by atoms with E-state index >= 15 is 0 Å². The Hall–Kier alpha value is -1.89. The molecule has 3 aromatic rings. The molecule has 0 radical (unpaired) electrons. The molecule has 1 aromatic heterocycles. The minimum atomic E-state index is -0.212. The number of nitrogens with one attached hydrogen (secondary N) is 1. The normalized spacial score (nSPS) is 10.5. The highest BCUT2D eigenvalue weighted by atomic mass is 79.9. The molecule has 1 N–H and O–H groups in total. The second kappa shape index (κ2) is 7.34. The Morgan fingerprint density at radius 3 is 2.79 bits per heavy atom. The number of thiazole rings is 1. The van der Waals surface area contributed by atoms with E-state index in [0.29, 0.717) is 21.5 Å². The van der Waals surface area contributed by atoms with Gasteiger partial charge in [-0.15, -0.1) is 11.3 Å². The minimum Gasteiger partial charge on any atom is -0.495 e. The summed E-state index contributed by atoms with van der Waals surface area (Å²) in [4.78, 5) is 16.8. The number of benzene rings is 2. The molecule has 0 saturated carbocycles. The maximum Gasteiger partial charge on any atom is 0.258 e. The number of amides is 1. The van der Waals surface area contributed by atoms with Crippen LogP contribution in [0.15, 0.2) is 52.3 Å². The average molecular weight is 424 g/mol. The third-order valence-corrected chi connectivity index (χ3v) is 5.04. The first-order valence-electron chi connectivity index (χ1n) is 6.94. The van der Waals surface area contributed by atoms with E-state index < -0.39 is 0 Å². The molecule has 0 saturated heterocycles. The second-order valence-corrected chi connectivity index (χ2v) is 6.94. The molecule has 0 aliphatic carbocycles. The van der Waals surface area contributed by atoms with Gasteiger partial charge in [-0.1, -0.05) is 23.7 Å². The van der Waals surface area contributed by atoms with Gasteiger partial charge in [-0.2, -0.15) is 0 Å². The zero-order valence-electron chi connectivity index (χ0n) is 12.5. The highest BCUT2D eigenvalue weighted by Crippen LogP contribution is 2.32. The lowest BCUT2D eigenvalue weighted by molar-refractivity contribution is 0.102. The van der Waals surface area contributed by atoms with Gasteiger partial charge in [0.05, 0.1) is 23.4 Å². The largest absolute Gasteiger partial charge is 0.495 e. The number of carbonyl (C=O) groups is 1. The van der Waals surface area contributed by atoms with E-state index in [1.807, 2.05) is 29.6 Å². The molecule has 0 atom stereocenters. The fourth-order valence-corrected chi connectivity index (χ4v) is 3.54. The predicted octanol–water partition coefficient (Wildman–Crippen LogP) is 5.49. The van der Waals surface area contributed by atoms with Crippen molar-refractivity contribution in [1.82, 2.24) is 4.98 Å². The molecule has 3 rings (SSSR count). The van der Waals surface area contributed by atoms with Crippen LogP contribution in [0.3, 0.4) is 0 Å². The Labute approximate surface area is 156 Å². The van der Waals surface area contributed by atoms with Crippen LogP contribution in [0.5, 0.6) is 5.75 Å². The van der Waals surface area contributed by atoms with Crippen molar-refractivity contribution in [3.8, 4) is 17.0 Å². The molecule has 0 aliphatic heterocycles. The van der Waals surface area contributed by atoms with Gasteiger partial charge in [-0.05, 0) is 46.3 Å². The van der Waals surface area contributed by atoms with Gasteiger partial charge in [0.25, 0.3) is 5.91 Å². The van der Waals surface area contributed by atoms with E-state index in [-0.39, 0.29) is 5.91 Å². The van der Waals surface area contributed by atoms with Gasteiger partial charge in [0.2, 0.25) is 0 Å². The van der Waals surface area contributed by atoms with Crippen molar-refractivity contribution >= 4 is 49.9 Å². The molecule has 0 spiro atoms. The molecule has 7 heteroatoms. The highest BCUT2D eigenvalue weighted by Gasteiger charge is 2.13. The predicted molar refractivity (Wildman–Crippen MR) is 101 cm³/mol. The third kappa shape index (κ3) is 3.61. The number of halogens is 2. The zero-order valence-corrected chi connectivity index (χ0v) is 15.7. The van der Waals surface area contributed by atoms with Gasteiger partial charge >= 0.3 is 0 Å². The first kappa shape index (κ1) is 17.0. The Balaban J connectivity index is 1.80. The number of hydrogen-bond donors (Lipinski definition) is 1. The number of rotatable bonds is 4. The van der Waals surface area contributed by atoms with E-state index in [0.717, 1.165) is 15.7 Å². The van der Waals surface area contributed by atoms with Crippen LogP contribution in [0.1, 0.15) is 10.4 Å². The van der Waals surface area contributed by atoms with Gasteiger partial charge in [0, 0.05) is 15.4 Å². The lowest BCUT2D eigenvalue weighted by Gasteiger charge is -2.05. The zero-order chi connectivity index (χ0) is 17.1. The number of aromatic nitrogens is 1. The lowest BCUT2D eigenvalue weighted by atomic mass is 10.2. The minimum absolute atomic E-state index is 0.212. The smallest absolute Gasteiger partial charge is 0.258 e. The van der Waals surface area contributed by atoms with Gasteiger partial charge in [-0.25, -0.2) is 4.98 Å². The van der Waals surface area contributed by atoms with Crippen LogP contribution in [0.2, 0.25) is 5.02 Å². The number of carbonyl (C=O) groups excluding carboxylic acids is 1. The average Bonchev–Trinajstić information content (AvgIpc) is 3.03. The van der Waals surface area contributed by atoms with E-state index in [1.165, 1.54) is 11.3 Å². The van der Waals surface area contributed by atoms with Crippen molar-refractivity contribution in [1.29, 1.82) is 0 Å². The van der Waals surface area contributed by atoms with Gasteiger partial charge in [0.15, 0.2) is 5.13 Å². The van der Waals surface area contributed by atoms with Gasteiger partial charge in [-0.3, -0.25) is 10.1 Å². The molecule has 1 heterocycles. The fourth-order valence-electron chi connectivity index (χ4n) is 2.10. The van der Waals surface area contributed by atoms with E-state index in [4.69, 9.17) is 16.3 Å². The monoisotopic (exact) mass is 422 g/mol. The SMILES string of the molecule is COc1ccc(-c2csc(NC(=O)c3ccccc3Br)n2)cc1Cl. The van der Waals surface area contributed by atoms with Crippen molar-refractivity contribution in [3.05, 3.63) is 62.9 Å². The summed E-state index contributed by atoms with van der Waals surface area (Å²) in [7, 11) is 1.57. The molecule has 24 heavy (non-hydrogen) atoms. The van der Waals surface area contributed by atoms with Crippen LogP contribution >= 0.6 is 38.9 Å². The van der Waals surface area contributed by atoms with Gasteiger partial charge in [0.1, 0.15) is 5.75 Å². The number of nitrogens with zero attached hydrogens (tertiary/aromatic N) is 1. The van der Waals surface area contributed by atoms with Crippen LogP contribution in [-0.2, 0) is 0 Å². The molecule has 0 bridgehead atoms. The van der Waals surface area contributed by atoms with Crippen molar-refractivity contribution in [2.45, 2.75) is 0 Å². The van der Waals surface area contributed by atoms with Crippen LogP contribution in [0.25, 0.3) is 11.3 Å². The molecule has 2 aromatic carbocycles. The molecule has 122 valence electrons. The van der Waals surface area contributed by atoms with Crippen LogP contribution < -0.4 is 10.1 Å². The quantitative estimate of drug-likeness (QED) is 0.604. The summed E-state index contributed by atoms with van der Waals surface area (Å²) < 4.78 is 5.88. The van der Waals surface area contributed by atoms with Crippen molar-refractivity contribution in [2.24, 2.45) is 0 Å². The van der Waals surface area contributed by atoms with Crippen molar-refractivity contribution in [3.63, 3.8) is 0 Å². The number of ether oxygens (including phenoxy) is 1. The van der Waals surface area contributed by atoms with E-state index in [9.17, 15) is 4.79 Å². The number of methoxy groups -OCH3 is 1. The number of hydrogen-bond acceptors (Lipinski definition) is 4. The van der Waals surface area contributed by atoms with Crippen LogP contribution in [0.4, 0.5) is 5.13 Å². The number of anilines is 1. The summed E-state index contributed by atoms with van der Waals surface area (Å²) in [6.07, 6.45) is 0. The third-order valence-electron chi connectivity index (χ3n) is 3.29. The lowest BCUT2D eigenvalue weighted by Crippen LogP contribution is -2.12. The summed E-state index contributed by atoms with van der Waals surface area (Å²) in [5, 5.41) is 5.72. The maximum absolute atomic E-state index is 12.3. The van der Waals surface area contributed by atoms with Crippen LogP contribution in [-0.4, -0.2) is 18.0 Å². The van der Waals surface area contributed by atoms with E-state index in [2.05, 4.69) is 26.2 Å². The summed E-state index contributed by atoms with van der Waals surface area (Å²) in [5.41, 5.74) is 2.16. The Morgan fingerprint density at radius 1 is 1.29 bits per heavy atom. The first-order valence-corrected chi connectivity index (χ1v) is 8.99. The van der Waals surface area contributed by atoms with Crippen LogP contribution in [0, 0.1) is 0 Å². The van der Waals surface area contributed by atoms with Gasteiger partial charge < -0.3 is 4.74 Å². The molecule has 0 aliphatic rings. The molecule has 0 unspecified atom stereocenters. The second-order valence-electron chi connectivity index (χ2n) is 4.82. The highest BCUT2D eigenvalue weighted by molar-refractivity contribution is 9.10. The van der Waals surface area contributed by atoms with Crippen molar-refractivity contribution in [2.75, 3.05) is 12.4 Å². The summed E-state index contributed by atoms with van der Waals surface area (Å²) in [6, 6.07) is 12.7. The topological polar surface area (TPSA) is 51.2 Å². The standard InChI is InChI=1S/C17H12BrClN2O2S/c1-23-15-7-6-10(8-13(15)19)14-9-24-17(20-14)21-16(22)11-4-2-3-5-12(11)18/h2-9H,1H3,(H,20,21,22). The summed E-state index contributed by atoms with van der Waals surface area (Å²) in [6.45, 7) is 0. The Kier molecular flexibility index (Phi) is 5.18.